The van der Waals surface area contributed by atoms with Gasteiger partial charge in [0.2, 0.25) is 17.7 Å². The summed E-state index contributed by atoms with van der Waals surface area (Å²) in [6, 6.07) is 3.12. The molecule has 2 atom stereocenters. The Morgan fingerprint density at radius 3 is 2.14 bits per heavy atom. The normalized spacial score (nSPS) is 13.3. The summed E-state index contributed by atoms with van der Waals surface area (Å²) in [7, 11) is 0. The number of hydrogen-bond donors (Lipinski definition) is 3. The van der Waals surface area contributed by atoms with Crippen LogP contribution < -0.4 is 16.4 Å². The summed E-state index contributed by atoms with van der Waals surface area (Å²) in [6.45, 7) is 18.1. The number of alkyl carbamates (subject to hydrolysis) is 1. The molecule has 35 heavy (non-hydrogen) atoms. The molecule has 0 heterocycles. The lowest BCUT2D eigenvalue weighted by molar-refractivity contribution is -0.143. The zero-order valence-electron chi connectivity index (χ0n) is 22.2. The molecule has 0 bridgehead atoms. The Hall–Kier alpha value is -3.36. The summed E-state index contributed by atoms with van der Waals surface area (Å²) in [5.41, 5.74) is 6.55. The first-order valence-corrected chi connectivity index (χ1v) is 11.5. The van der Waals surface area contributed by atoms with E-state index in [2.05, 4.69) is 17.2 Å². The smallest absolute Gasteiger partial charge is 0.408 e. The number of aryl methyl sites for hydroxylation is 2. The Morgan fingerprint density at radius 1 is 1.09 bits per heavy atom. The first-order valence-electron chi connectivity index (χ1n) is 11.5. The molecular weight excluding hydrogens is 448 g/mol. The van der Waals surface area contributed by atoms with Gasteiger partial charge in [0, 0.05) is 12.1 Å². The van der Waals surface area contributed by atoms with Crippen molar-refractivity contribution in [1.82, 2.24) is 15.5 Å². The minimum Gasteiger partial charge on any atom is -0.444 e. The molecule has 1 rings (SSSR count). The molecule has 0 aliphatic heterocycles. The number of carbonyl (C=O) groups is 4. The second-order valence-electron chi connectivity index (χ2n) is 10.6. The van der Waals surface area contributed by atoms with E-state index < -0.39 is 53.5 Å². The van der Waals surface area contributed by atoms with Crippen molar-refractivity contribution < 1.29 is 23.9 Å². The number of rotatable bonds is 9. The van der Waals surface area contributed by atoms with Gasteiger partial charge in [0.25, 0.3) is 0 Å². The van der Waals surface area contributed by atoms with Crippen LogP contribution in [0.15, 0.2) is 30.9 Å². The van der Waals surface area contributed by atoms with E-state index in [-0.39, 0.29) is 6.54 Å². The average molecular weight is 489 g/mol. The third-order valence-corrected chi connectivity index (χ3v) is 4.91. The molecule has 1 aromatic rings. The Bertz CT molecular complexity index is 959. The molecule has 0 fully saturated rings. The summed E-state index contributed by atoms with van der Waals surface area (Å²) >= 11 is 0. The van der Waals surface area contributed by atoms with Crippen molar-refractivity contribution in [3.8, 4) is 0 Å². The van der Waals surface area contributed by atoms with Crippen molar-refractivity contribution in [2.24, 2.45) is 5.73 Å². The number of nitrogens with one attached hydrogen (secondary N) is 2. The summed E-state index contributed by atoms with van der Waals surface area (Å²) in [5, 5.41) is 5.36. The molecule has 0 aliphatic carbocycles. The summed E-state index contributed by atoms with van der Waals surface area (Å²) in [4.78, 5) is 52.7. The van der Waals surface area contributed by atoms with Crippen LogP contribution in [0.25, 0.3) is 0 Å². The Labute approximate surface area is 208 Å². The lowest BCUT2D eigenvalue weighted by Gasteiger charge is -2.35. The van der Waals surface area contributed by atoms with Gasteiger partial charge in [-0.2, -0.15) is 0 Å². The standard InChI is InChI=1S/C26H40N4O5/c1-10-13-30(23(33)19(15-20(27)31)28-24(34)35-26(7,8)9)21(22(32)29-25(4,5)6)18-12-11-16(2)17(3)14-18/h10-12,14,19,21H,1,13,15H2,2-9H3,(H2,27,31)(H,28,34)(H,29,32). The van der Waals surface area contributed by atoms with E-state index in [4.69, 9.17) is 10.5 Å². The summed E-state index contributed by atoms with van der Waals surface area (Å²) < 4.78 is 5.25. The van der Waals surface area contributed by atoms with Crippen molar-refractivity contribution >= 4 is 23.8 Å². The molecule has 0 spiro atoms. The van der Waals surface area contributed by atoms with Crippen LogP contribution in [0.4, 0.5) is 4.79 Å². The van der Waals surface area contributed by atoms with Gasteiger partial charge in [-0.15, -0.1) is 6.58 Å². The number of benzene rings is 1. The van der Waals surface area contributed by atoms with Gasteiger partial charge in [-0.1, -0.05) is 24.3 Å². The van der Waals surface area contributed by atoms with Crippen LogP contribution in [0.1, 0.15) is 70.7 Å². The molecule has 194 valence electrons. The molecule has 0 saturated carbocycles. The number of nitrogens with zero attached hydrogens (tertiary/aromatic N) is 1. The molecule has 0 radical (unpaired) electrons. The van der Waals surface area contributed by atoms with Crippen LogP contribution in [0, 0.1) is 13.8 Å². The molecule has 1 aromatic carbocycles. The van der Waals surface area contributed by atoms with E-state index >= 15 is 0 Å². The van der Waals surface area contributed by atoms with E-state index in [1.807, 2.05) is 46.8 Å². The topological polar surface area (TPSA) is 131 Å². The minimum atomic E-state index is -1.33. The van der Waals surface area contributed by atoms with Gasteiger partial charge in [-0.25, -0.2) is 4.79 Å². The molecule has 9 heteroatoms. The summed E-state index contributed by atoms with van der Waals surface area (Å²) in [6.07, 6.45) is 0.134. The SMILES string of the molecule is C=CCN(C(=O)C(CC(N)=O)NC(=O)OC(C)(C)C)C(C(=O)NC(C)(C)C)c1ccc(C)c(C)c1. The largest absolute Gasteiger partial charge is 0.444 e. The van der Waals surface area contributed by atoms with Crippen LogP contribution in [-0.2, 0) is 19.1 Å². The molecule has 4 N–H and O–H groups in total. The Balaban J connectivity index is 3.53. The minimum absolute atomic E-state index is 0.0146. The van der Waals surface area contributed by atoms with E-state index in [1.54, 1.807) is 26.8 Å². The molecule has 4 amide bonds. The number of nitrogens with two attached hydrogens (primary N) is 1. The zero-order valence-corrected chi connectivity index (χ0v) is 22.2. The van der Waals surface area contributed by atoms with Gasteiger partial charge in [-0.05, 0) is 72.1 Å². The van der Waals surface area contributed by atoms with Crippen molar-refractivity contribution in [2.45, 2.75) is 85.0 Å². The number of ether oxygens (including phenoxy) is 1. The van der Waals surface area contributed by atoms with Crippen molar-refractivity contribution in [3.63, 3.8) is 0 Å². The second-order valence-corrected chi connectivity index (χ2v) is 10.6. The maximum Gasteiger partial charge on any atom is 0.408 e. The number of carbonyl (C=O) groups excluding carboxylic acids is 4. The quantitative estimate of drug-likeness (QED) is 0.460. The van der Waals surface area contributed by atoms with Gasteiger partial charge in [0.1, 0.15) is 17.7 Å². The van der Waals surface area contributed by atoms with E-state index in [1.165, 1.54) is 11.0 Å². The Morgan fingerprint density at radius 2 is 1.69 bits per heavy atom. The van der Waals surface area contributed by atoms with Gasteiger partial charge < -0.3 is 26.0 Å². The monoisotopic (exact) mass is 488 g/mol. The highest BCUT2D eigenvalue weighted by Crippen LogP contribution is 2.26. The van der Waals surface area contributed by atoms with Gasteiger partial charge in [0.15, 0.2) is 0 Å². The maximum atomic E-state index is 13.7. The molecule has 0 aliphatic rings. The highest BCUT2D eigenvalue weighted by Gasteiger charge is 2.37. The lowest BCUT2D eigenvalue weighted by Crippen LogP contribution is -2.55. The molecule has 0 saturated heterocycles. The first kappa shape index (κ1) is 29.7. The van der Waals surface area contributed by atoms with Crippen LogP contribution in [0.3, 0.4) is 0 Å². The molecule has 9 nitrogen and oxygen atoms in total. The molecular formula is C26H40N4O5. The fourth-order valence-electron chi connectivity index (χ4n) is 3.36. The highest BCUT2D eigenvalue weighted by atomic mass is 16.6. The number of amides is 4. The third kappa shape index (κ3) is 9.80. The zero-order chi connectivity index (χ0) is 27.1. The maximum absolute atomic E-state index is 13.7. The lowest BCUT2D eigenvalue weighted by atomic mass is 9.97. The summed E-state index contributed by atoms with van der Waals surface area (Å²) in [5.74, 6) is -1.87. The van der Waals surface area contributed by atoms with Gasteiger partial charge in [0.05, 0.1) is 6.42 Å². The average Bonchev–Trinajstić information content (AvgIpc) is 2.66. The highest BCUT2D eigenvalue weighted by molar-refractivity contribution is 5.94. The van der Waals surface area contributed by atoms with E-state index in [9.17, 15) is 19.2 Å². The fraction of sp³-hybridized carbons (Fsp3) is 0.538. The molecule has 2 unspecified atom stereocenters. The van der Waals surface area contributed by atoms with Crippen LogP contribution in [-0.4, -0.2) is 52.4 Å². The van der Waals surface area contributed by atoms with E-state index in [0.29, 0.717) is 5.56 Å². The van der Waals surface area contributed by atoms with Crippen LogP contribution in [0.2, 0.25) is 0 Å². The predicted molar refractivity (Wildman–Crippen MR) is 135 cm³/mol. The molecule has 0 aromatic heterocycles. The number of hydrogen-bond acceptors (Lipinski definition) is 5. The van der Waals surface area contributed by atoms with Crippen LogP contribution >= 0.6 is 0 Å². The van der Waals surface area contributed by atoms with Crippen molar-refractivity contribution in [2.75, 3.05) is 6.54 Å². The predicted octanol–water partition coefficient (Wildman–Crippen LogP) is 3.04. The van der Waals surface area contributed by atoms with Crippen molar-refractivity contribution in [1.29, 1.82) is 0 Å². The first-order chi connectivity index (χ1) is 15.9. The van der Waals surface area contributed by atoms with Gasteiger partial charge >= 0.3 is 6.09 Å². The second kappa shape index (κ2) is 11.9. The van der Waals surface area contributed by atoms with Crippen LogP contribution in [0.5, 0.6) is 0 Å². The third-order valence-electron chi connectivity index (χ3n) is 4.91. The Kier molecular flexibility index (Phi) is 10.1. The fourth-order valence-corrected chi connectivity index (χ4v) is 3.36. The number of primary amides is 1. The van der Waals surface area contributed by atoms with Crippen molar-refractivity contribution in [3.05, 3.63) is 47.5 Å². The van der Waals surface area contributed by atoms with Gasteiger partial charge in [-0.3, -0.25) is 14.4 Å². The van der Waals surface area contributed by atoms with E-state index in [0.717, 1.165) is 11.1 Å².